The number of ether oxygens (including phenoxy) is 1. The summed E-state index contributed by atoms with van der Waals surface area (Å²) in [5.41, 5.74) is 6.01. The van der Waals surface area contributed by atoms with Crippen molar-refractivity contribution in [2.45, 2.75) is 44.2 Å². The van der Waals surface area contributed by atoms with Gasteiger partial charge in [-0.2, -0.15) is 0 Å². The Hall–Kier alpha value is -2.41. The monoisotopic (exact) mass is 359 g/mol. The number of para-hydroxylation sites is 1. The Morgan fingerprint density at radius 3 is 2.69 bits per heavy atom. The van der Waals surface area contributed by atoms with Crippen LogP contribution >= 0.6 is 0 Å². The highest BCUT2D eigenvalue weighted by Crippen LogP contribution is 2.39. The fourth-order valence-electron chi connectivity index (χ4n) is 4.31. The zero-order valence-corrected chi connectivity index (χ0v) is 14.9. The van der Waals surface area contributed by atoms with Crippen molar-refractivity contribution in [1.82, 2.24) is 4.90 Å². The lowest BCUT2D eigenvalue weighted by Crippen LogP contribution is -2.46. The highest BCUT2D eigenvalue weighted by Gasteiger charge is 2.46. The van der Waals surface area contributed by atoms with Gasteiger partial charge < -0.3 is 15.8 Å². The summed E-state index contributed by atoms with van der Waals surface area (Å²) >= 11 is 0. The highest BCUT2D eigenvalue weighted by molar-refractivity contribution is 6.03. The van der Waals surface area contributed by atoms with Crippen molar-refractivity contribution in [3.05, 3.63) is 29.8 Å². The van der Waals surface area contributed by atoms with E-state index in [1.54, 1.807) is 24.3 Å². The molecular formula is C19H25N3O4. The fraction of sp³-hybridized carbons (Fsp3) is 0.526. The minimum absolute atomic E-state index is 0.0913. The van der Waals surface area contributed by atoms with Crippen molar-refractivity contribution in [2.24, 2.45) is 11.7 Å². The quantitative estimate of drug-likeness (QED) is 0.776. The Labute approximate surface area is 152 Å². The third-order valence-electron chi connectivity index (χ3n) is 5.49. The van der Waals surface area contributed by atoms with Crippen LogP contribution in [0.3, 0.4) is 0 Å². The first kappa shape index (κ1) is 18.4. The molecule has 1 saturated carbocycles. The van der Waals surface area contributed by atoms with Gasteiger partial charge >= 0.3 is 5.97 Å². The number of hydrogen-bond donors (Lipinski definition) is 2. The van der Waals surface area contributed by atoms with Gasteiger partial charge in [-0.3, -0.25) is 19.3 Å². The summed E-state index contributed by atoms with van der Waals surface area (Å²) in [5, 5.41) is 2.76. The second kappa shape index (κ2) is 7.86. The minimum atomic E-state index is -0.596. The van der Waals surface area contributed by atoms with Crippen LogP contribution in [-0.4, -0.2) is 48.4 Å². The van der Waals surface area contributed by atoms with Crippen molar-refractivity contribution in [3.8, 4) is 0 Å². The zero-order chi connectivity index (χ0) is 18.7. The SMILES string of the molecule is COC(=O)[C@@H]1C[C@H]2CCCC[C@@H]2N1CC(=O)Nc1ccccc1C(N)=O. The maximum Gasteiger partial charge on any atom is 0.323 e. The van der Waals surface area contributed by atoms with E-state index in [0.29, 0.717) is 11.6 Å². The summed E-state index contributed by atoms with van der Waals surface area (Å²) in [5.74, 6) is -0.719. The molecule has 1 aliphatic heterocycles. The molecule has 7 nitrogen and oxygen atoms in total. The molecule has 0 bridgehead atoms. The number of nitrogens with zero attached hydrogens (tertiary/aromatic N) is 1. The Bertz CT molecular complexity index is 706. The first-order valence-electron chi connectivity index (χ1n) is 9.03. The summed E-state index contributed by atoms with van der Waals surface area (Å²) < 4.78 is 4.95. The van der Waals surface area contributed by atoms with Crippen molar-refractivity contribution in [1.29, 1.82) is 0 Å². The number of rotatable bonds is 5. The summed E-state index contributed by atoms with van der Waals surface area (Å²) in [6.07, 6.45) is 5.09. The molecule has 1 heterocycles. The van der Waals surface area contributed by atoms with Gasteiger partial charge in [0.1, 0.15) is 6.04 Å². The van der Waals surface area contributed by atoms with Crippen LogP contribution in [-0.2, 0) is 14.3 Å². The zero-order valence-electron chi connectivity index (χ0n) is 14.9. The summed E-state index contributed by atoms with van der Waals surface area (Å²) in [4.78, 5) is 38.3. The number of esters is 1. The number of benzene rings is 1. The second-order valence-corrected chi connectivity index (χ2v) is 7.02. The first-order valence-corrected chi connectivity index (χ1v) is 9.03. The van der Waals surface area contributed by atoms with E-state index < -0.39 is 5.91 Å². The molecule has 26 heavy (non-hydrogen) atoms. The molecule has 1 saturated heterocycles. The van der Waals surface area contributed by atoms with Crippen LogP contribution in [0, 0.1) is 5.92 Å². The molecule has 1 aromatic carbocycles. The summed E-state index contributed by atoms with van der Waals surface area (Å²) in [6.45, 7) is 0.0913. The third-order valence-corrected chi connectivity index (χ3v) is 5.49. The van der Waals surface area contributed by atoms with Crippen LogP contribution < -0.4 is 11.1 Å². The lowest BCUT2D eigenvalue weighted by atomic mass is 9.85. The van der Waals surface area contributed by atoms with E-state index in [1.165, 1.54) is 13.5 Å². The number of nitrogens with one attached hydrogen (secondary N) is 1. The highest BCUT2D eigenvalue weighted by atomic mass is 16.5. The molecule has 1 aliphatic carbocycles. The molecule has 3 atom stereocenters. The lowest BCUT2D eigenvalue weighted by molar-refractivity contribution is -0.146. The molecule has 0 spiro atoms. The number of primary amides is 1. The molecule has 140 valence electrons. The Kier molecular flexibility index (Phi) is 5.56. The van der Waals surface area contributed by atoms with Crippen molar-refractivity contribution in [2.75, 3.05) is 19.0 Å². The number of likely N-dealkylation sites (tertiary alicyclic amines) is 1. The summed E-state index contributed by atoms with van der Waals surface area (Å²) in [6, 6.07) is 6.48. The number of hydrogen-bond acceptors (Lipinski definition) is 5. The van der Waals surface area contributed by atoms with E-state index in [2.05, 4.69) is 5.32 Å². The standard InChI is InChI=1S/C19H25N3O4/c1-26-19(25)16-10-12-6-2-5-9-15(12)22(16)11-17(23)21-14-8-4-3-7-13(14)18(20)24/h3-4,7-8,12,15-16H,2,5-6,9-11H2,1H3,(H2,20,24)(H,21,23)/t12-,15+,16+/m1/s1. The molecule has 0 radical (unpaired) electrons. The van der Waals surface area contributed by atoms with Crippen LogP contribution in [0.25, 0.3) is 0 Å². The van der Waals surface area contributed by atoms with E-state index in [-0.39, 0.29) is 36.1 Å². The van der Waals surface area contributed by atoms with Gasteiger partial charge in [-0.05, 0) is 37.3 Å². The number of fused-ring (bicyclic) bond motifs is 1. The average Bonchev–Trinajstić information content (AvgIpc) is 3.00. The van der Waals surface area contributed by atoms with E-state index in [0.717, 1.165) is 25.7 Å². The number of nitrogens with two attached hydrogens (primary N) is 1. The van der Waals surface area contributed by atoms with Crippen LogP contribution in [0.15, 0.2) is 24.3 Å². The number of anilines is 1. The summed E-state index contributed by atoms with van der Waals surface area (Å²) in [7, 11) is 1.38. The van der Waals surface area contributed by atoms with Gasteiger partial charge in [-0.25, -0.2) is 0 Å². The van der Waals surface area contributed by atoms with E-state index in [4.69, 9.17) is 10.5 Å². The molecule has 3 N–H and O–H groups in total. The van der Waals surface area contributed by atoms with E-state index in [9.17, 15) is 14.4 Å². The molecule has 3 rings (SSSR count). The minimum Gasteiger partial charge on any atom is -0.468 e. The van der Waals surface area contributed by atoms with Crippen LogP contribution in [0.1, 0.15) is 42.5 Å². The molecular weight excluding hydrogens is 334 g/mol. The predicted molar refractivity (Wildman–Crippen MR) is 96.5 cm³/mol. The molecule has 2 fully saturated rings. The molecule has 2 aliphatic rings. The van der Waals surface area contributed by atoms with Crippen molar-refractivity contribution < 1.29 is 19.1 Å². The number of carbonyl (C=O) groups is 3. The van der Waals surface area contributed by atoms with E-state index in [1.807, 2.05) is 4.90 Å². The van der Waals surface area contributed by atoms with Crippen molar-refractivity contribution >= 4 is 23.5 Å². The topological polar surface area (TPSA) is 102 Å². The maximum absolute atomic E-state index is 12.6. The first-order chi connectivity index (χ1) is 12.5. The molecule has 0 aromatic heterocycles. The third kappa shape index (κ3) is 3.72. The van der Waals surface area contributed by atoms with Gasteiger partial charge in [0.05, 0.1) is 24.9 Å². The van der Waals surface area contributed by atoms with Gasteiger partial charge in [0.25, 0.3) is 5.91 Å². The number of methoxy groups -OCH3 is 1. The van der Waals surface area contributed by atoms with Crippen LogP contribution in [0.2, 0.25) is 0 Å². The largest absolute Gasteiger partial charge is 0.468 e. The molecule has 0 unspecified atom stereocenters. The maximum atomic E-state index is 12.6. The molecule has 2 amide bonds. The Morgan fingerprint density at radius 1 is 1.23 bits per heavy atom. The van der Waals surface area contributed by atoms with Crippen molar-refractivity contribution in [3.63, 3.8) is 0 Å². The smallest absolute Gasteiger partial charge is 0.323 e. The van der Waals surface area contributed by atoms with Gasteiger partial charge in [0.15, 0.2) is 0 Å². The number of carbonyl (C=O) groups excluding carboxylic acids is 3. The fourth-order valence-corrected chi connectivity index (χ4v) is 4.31. The van der Waals surface area contributed by atoms with Gasteiger partial charge in [-0.15, -0.1) is 0 Å². The predicted octanol–water partition coefficient (Wildman–Crippen LogP) is 1.53. The number of amides is 2. The normalized spacial score (nSPS) is 25.3. The van der Waals surface area contributed by atoms with Crippen LogP contribution in [0.4, 0.5) is 5.69 Å². The van der Waals surface area contributed by atoms with E-state index >= 15 is 0 Å². The molecule has 1 aromatic rings. The van der Waals surface area contributed by atoms with Gasteiger partial charge in [0.2, 0.25) is 5.91 Å². The molecule has 7 heteroatoms. The van der Waals surface area contributed by atoms with Crippen LogP contribution in [0.5, 0.6) is 0 Å². The van der Waals surface area contributed by atoms with Gasteiger partial charge in [0, 0.05) is 6.04 Å². The lowest BCUT2D eigenvalue weighted by Gasteiger charge is -2.32. The Morgan fingerprint density at radius 2 is 1.96 bits per heavy atom. The van der Waals surface area contributed by atoms with Gasteiger partial charge in [-0.1, -0.05) is 25.0 Å². The Balaban J connectivity index is 1.74. The average molecular weight is 359 g/mol. The second-order valence-electron chi connectivity index (χ2n) is 7.02.